The number of hydrogen-bond acceptors (Lipinski definition) is 5. The molecule has 0 saturated heterocycles. The van der Waals surface area contributed by atoms with Gasteiger partial charge in [-0.1, -0.05) is 5.21 Å². The van der Waals surface area contributed by atoms with E-state index in [4.69, 9.17) is 10.8 Å². The van der Waals surface area contributed by atoms with E-state index >= 15 is 0 Å². The van der Waals surface area contributed by atoms with Crippen molar-refractivity contribution in [3.05, 3.63) is 12.4 Å². The summed E-state index contributed by atoms with van der Waals surface area (Å²) >= 11 is 0. The second kappa shape index (κ2) is 6.93. The minimum atomic E-state index is -1.34. The molecule has 1 unspecified atom stereocenters. The highest BCUT2D eigenvalue weighted by Crippen LogP contribution is 1.91. The summed E-state index contributed by atoms with van der Waals surface area (Å²) in [5.41, 5.74) is 4.88. The Morgan fingerprint density at radius 1 is 1.42 bits per heavy atom. The minimum Gasteiger partial charge on any atom is -0.480 e. The first-order valence-corrected chi connectivity index (χ1v) is 5.38. The molecular formula is C9H14N6O4. The SMILES string of the molecule is NC(=O)CC(NC(=O)NCCn1ccnn1)C(=O)O. The molecule has 10 heteroatoms. The smallest absolute Gasteiger partial charge is 0.326 e. The molecule has 0 aliphatic heterocycles. The molecule has 5 N–H and O–H groups in total. The largest absolute Gasteiger partial charge is 0.480 e. The summed E-state index contributed by atoms with van der Waals surface area (Å²) in [6.07, 6.45) is 2.64. The van der Waals surface area contributed by atoms with Crippen LogP contribution in [0.2, 0.25) is 0 Å². The lowest BCUT2D eigenvalue weighted by atomic mass is 10.2. The maximum Gasteiger partial charge on any atom is 0.326 e. The fraction of sp³-hybridized carbons (Fsp3) is 0.444. The summed E-state index contributed by atoms with van der Waals surface area (Å²) in [6, 6.07) is -2.04. The molecule has 3 amide bonds. The Kier molecular flexibility index (Phi) is 5.26. The second-order valence-corrected chi connectivity index (χ2v) is 3.63. The highest BCUT2D eigenvalue weighted by molar-refractivity contribution is 5.87. The number of carboxylic acid groups (broad SMARTS) is 1. The zero-order chi connectivity index (χ0) is 14.3. The van der Waals surface area contributed by atoms with Crippen molar-refractivity contribution in [1.82, 2.24) is 25.6 Å². The predicted molar refractivity (Wildman–Crippen MR) is 61.8 cm³/mol. The lowest BCUT2D eigenvalue weighted by molar-refractivity contribution is -0.140. The van der Waals surface area contributed by atoms with Crippen LogP contribution in [-0.4, -0.2) is 50.6 Å². The molecule has 0 aliphatic rings. The predicted octanol–water partition coefficient (Wildman–Crippen LogP) is -2.09. The molecule has 1 atom stereocenters. The summed E-state index contributed by atoms with van der Waals surface area (Å²) < 4.78 is 1.50. The molecule has 19 heavy (non-hydrogen) atoms. The number of amides is 3. The van der Waals surface area contributed by atoms with Crippen LogP contribution in [0, 0.1) is 0 Å². The third-order valence-electron chi connectivity index (χ3n) is 2.11. The third-order valence-corrected chi connectivity index (χ3v) is 2.11. The Morgan fingerprint density at radius 3 is 2.68 bits per heavy atom. The van der Waals surface area contributed by atoms with Gasteiger partial charge in [-0.25, -0.2) is 9.59 Å². The van der Waals surface area contributed by atoms with E-state index in [9.17, 15) is 14.4 Å². The first-order valence-electron chi connectivity index (χ1n) is 5.38. The molecule has 10 nitrogen and oxygen atoms in total. The summed E-state index contributed by atoms with van der Waals surface area (Å²) in [7, 11) is 0. The second-order valence-electron chi connectivity index (χ2n) is 3.63. The van der Waals surface area contributed by atoms with Gasteiger partial charge in [0.25, 0.3) is 0 Å². The molecule has 0 spiro atoms. The van der Waals surface area contributed by atoms with E-state index in [1.807, 2.05) is 0 Å². The first-order chi connectivity index (χ1) is 8.99. The van der Waals surface area contributed by atoms with Crippen LogP contribution in [0.25, 0.3) is 0 Å². The normalized spacial score (nSPS) is 11.6. The molecular weight excluding hydrogens is 256 g/mol. The fourth-order valence-corrected chi connectivity index (χ4v) is 1.25. The monoisotopic (exact) mass is 270 g/mol. The Balaban J connectivity index is 2.32. The molecule has 0 fully saturated rings. The van der Waals surface area contributed by atoms with Crippen LogP contribution in [0.3, 0.4) is 0 Å². The van der Waals surface area contributed by atoms with Crippen molar-refractivity contribution >= 4 is 17.9 Å². The van der Waals surface area contributed by atoms with Gasteiger partial charge >= 0.3 is 12.0 Å². The van der Waals surface area contributed by atoms with Gasteiger partial charge in [-0.2, -0.15) is 0 Å². The molecule has 104 valence electrons. The van der Waals surface area contributed by atoms with Gasteiger partial charge in [0.2, 0.25) is 5.91 Å². The van der Waals surface area contributed by atoms with E-state index in [1.54, 1.807) is 6.20 Å². The topological polar surface area (TPSA) is 152 Å². The lowest BCUT2D eigenvalue weighted by Gasteiger charge is -2.13. The summed E-state index contributed by atoms with van der Waals surface area (Å²) in [5.74, 6) is -2.14. The van der Waals surface area contributed by atoms with Crippen LogP contribution in [0.4, 0.5) is 4.79 Å². The number of carbonyl (C=O) groups is 3. The van der Waals surface area contributed by atoms with Crippen LogP contribution in [0.5, 0.6) is 0 Å². The number of carbonyl (C=O) groups excluding carboxylic acids is 2. The first kappa shape index (κ1) is 14.4. The summed E-state index contributed by atoms with van der Waals surface area (Å²) in [6.45, 7) is 0.624. The van der Waals surface area contributed by atoms with Crippen LogP contribution in [-0.2, 0) is 16.1 Å². The number of primary amides is 1. The maximum absolute atomic E-state index is 11.4. The van der Waals surface area contributed by atoms with Gasteiger partial charge < -0.3 is 21.5 Å². The molecule has 1 heterocycles. The number of rotatable bonds is 7. The number of nitrogens with two attached hydrogens (primary N) is 1. The van der Waals surface area contributed by atoms with E-state index in [1.165, 1.54) is 10.9 Å². The van der Waals surface area contributed by atoms with Crippen molar-refractivity contribution < 1.29 is 19.5 Å². The molecule has 1 aromatic heterocycles. The molecule has 0 aliphatic carbocycles. The van der Waals surface area contributed by atoms with Gasteiger partial charge in [-0.3, -0.25) is 9.48 Å². The zero-order valence-electron chi connectivity index (χ0n) is 9.94. The third kappa shape index (κ3) is 5.48. The Morgan fingerprint density at radius 2 is 2.16 bits per heavy atom. The minimum absolute atomic E-state index is 0.234. The number of urea groups is 1. The highest BCUT2D eigenvalue weighted by atomic mass is 16.4. The molecule has 1 aromatic rings. The Hall–Kier alpha value is -2.65. The van der Waals surface area contributed by atoms with E-state index in [-0.39, 0.29) is 6.54 Å². The molecule has 0 saturated carbocycles. The molecule has 0 bridgehead atoms. The van der Waals surface area contributed by atoms with Gasteiger partial charge in [0.15, 0.2) is 0 Å². The Labute approximate surface area is 107 Å². The number of nitrogens with one attached hydrogen (secondary N) is 2. The van der Waals surface area contributed by atoms with Gasteiger partial charge in [-0.05, 0) is 0 Å². The zero-order valence-corrected chi connectivity index (χ0v) is 9.94. The van der Waals surface area contributed by atoms with Crippen molar-refractivity contribution in [3.63, 3.8) is 0 Å². The van der Waals surface area contributed by atoms with E-state index in [0.29, 0.717) is 6.54 Å². The van der Waals surface area contributed by atoms with Crippen molar-refractivity contribution in [2.45, 2.75) is 19.0 Å². The van der Waals surface area contributed by atoms with Gasteiger partial charge in [-0.15, -0.1) is 5.10 Å². The number of carboxylic acids is 1. The summed E-state index contributed by atoms with van der Waals surface area (Å²) in [5, 5.41) is 20.6. The van der Waals surface area contributed by atoms with E-state index in [2.05, 4.69) is 20.9 Å². The molecule has 1 rings (SSSR count). The van der Waals surface area contributed by atoms with Gasteiger partial charge in [0.1, 0.15) is 6.04 Å². The van der Waals surface area contributed by atoms with Crippen molar-refractivity contribution in [2.24, 2.45) is 5.73 Å². The van der Waals surface area contributed by atoms with Crippen LogP contribution in [0.15, 0.2) is 12.4 Å². The van der Waals surface area contributed by atoms with Crippen molar-refractivity contribution in [2.75, 3.05) is 6.54 Å². The van der Waals surface area contributed by atoms with Crippen LogP contribution >= 0.6 is 0 Å². The van der Waals surface area contributed by atoms with Crippen molar-refractivity contribution in [1.29, 1.82) is 0 Å². The summed E-state index contributed by atoms with van der Waals surface area (Å²) in [4.78, 5) is 32.8. The molecule has 0 aromatic carbocycles. The average Bonchev–Trinajstić information content (AvgIpc) is 2.80. The van der Waals surface area contributed by atoms with Gasteiger partial charge in [0.05, 0.1) is 19.2 Å². The van der Waals surface area contributed by atoms with Crippen molar-refractivity contribution in [3.8, 4) is 0 Å². The average molecular weight is 270 g/mol. The highest BCUT2D eigenvalue weighted by Gasteiger charge is 2.21. The van der Waals surface area contributed by atoms with Crippen LogP contribution in [0.1, 0.15) is 6.42 Å². The number of aromatic nitrogens is 3. The van der Waals surface area contributed by atoms with E-state index < -0.39 is 30.4 Å². The van der Waals surface area contributed by atoms with E-state index in [0.717, 1.165) is 0 Å². The number of hydrogen-bond donors (Lipinski definition) is 4. The number of nitrogens with zero attached hydrogens (tertiary/aromatic N) is 3. The fourth-order valence-electron chi connectivity index (χ4n) is 1.25. The molecule has 0 radical (unpaired) electrons. The lowest BCUT2D eigenvalue weighted by Crippen LogP contribution is -2.48. The maximum atomic E-state index is 11.4. The standard InChI is InChI=1S/C9H14N6O4/c10-7(16)5-6(8(17)18)13-9(19)11-1-3-15-4-2-12-14-15/h2,4,6H,1,3,5H2,(H2,10,16)(H,17,18)(H2,11,13,19). The number of aliphatic carboxylic acids is 1. The van der Waals surface area contributed by atoms with Crippen LogP contribution < -0.4 is 16.4 Å². The Bertz CT molecular complexity index is 446. The quantitative estimate of drug-likeness (QED) is 0.445. The van der Waals surface area contributed by atoms with Gasteiger partial charge in [0, 0.05) is 12.7 Å².